The molecule has 0 bridgehead atoms. The van der Waals surface area contributed by atoms with Gasteiger partial charge in [-0.05, 0) is 52.4 Å². The maximum atomic E-state index is 13.1. The highest BCUT2D eigenvalue weighted by Gasteiger charge is 2.39. The summed E-state index contributed by atoms with van der Waals surface area (Å²) in [6.45, 7) is 19.7. The van der Waals surface area contributed by atoms with E-state index in [9.17, 15) is 13.2 Å². The summed E-state index contributed by atoms with van der Waals surface area (Å²) < 4.78 is 24.1. The lowest BCUT2D eigenvalue weighted by Gasteiger charge is -2.47. The molecule has 4 rings (SSSR count). The van der Waals surface area contributed by atoms with Gasteiger partial charge in [-0.2, -0.15) is 0 Å². The summed E-state index contributed by atoms with van der Waals surface area (Å²) >= 11 is 0. The van der Waals surface area contributed by atoms with E-state index >= 15 is 0 Å². The van der Waals surface area contributed by atoms with Crippen molar-refractivity contribution in [2.24, 2.45) is 5.92 Å². The van der Waals surface area contributed by atoms with Gasteiger partial charge in [-0.15, -0.1) is 0 Å². The van der Waals surface area contributed by atoms with Crippen LogP contribution in [0.3, 0.4) is 0 Å². The summed E-state index contributed by atoms with van der Waals surface area (Å²) in [5.74, 6) is 0.285. The van der Waals surface area contributed by atoms with Crippen molar-refractivity contribution in [2.45, 2.75) is 64.1 Å². The Morgan fingerprint density at radius 3 is 2.28 bits per heavy atom. The van der Waals surface area contributed by atoms with Gasteiger partial charge in [0.15, 0.2) is 15.5 Å². The second-order valence-electron chi connectivity index (χ2n) is 11.3. The SMILES string of the molecule is [C-]#[N+]c1ccc(CN2CC(C)(C)c3cc(C(=O)NCc4ccc(S(=O)(=O)CC)cc4)ccc3[C@@H]2C(C)C)cc1. The van der Waals surface area contributed by atoms with E-state index in [0.29, 0.717) is 28.6 Å². The molecule has 3 aromatic carbocycles. The number of nitrogens with zero attached hydrogens (tertiary/aromatic N) is 2. The van der Waals surface area contributed by atoms with Crippen molar-refractivity contribution >= 4 is 21.4 Å². The van der Waals surface area contributed by atoms with Crippen LogP contribution in [0.1, 0.15) is 73.3 Å². The van der Waals surface area contributed by atoms with Gasteiger partial charge in [0, 0.05) is 36.7 Å². The van der Waals surface area contributed by atoms with Gasteiger partial charge in [0.05, 0.1) is 17.2 Å². The Morgan fingerprint density at radius 2 is 1.69 bits per heavy atom. The Bertz CT molecular complexity index is 1490. The molecule has 39 heavy (non-hydrogen) atoms. The van der Waals surface area contributed by atoms with Crippen molar-refractivity contribution in [1.82, 2.24) is 10.2 Å². The van der Waals surface area contributed by atoms with E-state index in [1.807, 2.05) is 36.4 Å². The Hall–Kier alpha value is -3.47. The molecular formula is C32H37N3O3S. The highest BCUT2D eigenvalue weighted by molar-refractivity contribution is 7.91. The third-order valence-electron chi connectivity index (χ3n) is 7.55. The van der Waals surface area contributed by atoms with E-state index in [1.54, 1.807) is 31.2 Å². The normalized spacial score (nSPS) is 16.9. The van der Waals surface area contributed by atoms with Crippen LogP contribution >= 0.6 is 0 Å². The zero-order valence-electron chi connectivity index (χ0n) is 23.4. The van der Waals surface area contributed by atoms with Gasteiger partial charge in [-0.3, -0.25) is 9.69 Å². The number of carbonyl (C=O) groups is 1. The van der Waals surface area contributed by atoms with E-state index in [4.69, 9.17) is 6.57 Å². The quantitative estimate of drug-likeness (QED) is 0.332. The maximum Gasteiger partial charge on any atom is 0.251 e. The third-order valence-corrected chi connectivity index (χ3v) is 9.30. The molecule has 204 valence electrons. The Morgan fingerprint density at radius 1 is 1.05 bits per heavy atom. The number of sulfone groups is 1. The van der Waals surface area contributed by atoms with Crippen LogP contribution in [0.5, 0.6) is 0 Å². The summed E-state index contributed by atoms with van der Waals surface area (Å²) in [6.07, 6.45) is 0. The van der Waals surface area contributed by atoms with Crippen LogP contribution in [-0.4, -0.2) is 31.5 Å². The van der Waals surface area contributed by atoms with E-state index in [-0.39, 0.29) is 23.1 Å². The third kappa shape index (κ3) is 6.24. The summed E-state index contributed by atoms with van der Waals surface area (Å²) in [7, 11) is -3.25. The lowest BCUT2D eigenvalue weighted by atomic mass is 9.73. The molecule has 0 aliphatic carbocycles. The van der Waals surface area contributed by atoms with Crippen molar-refractivity contribution < 1.29 is 13.2 Å². The van der Waals surface area contributed by atoms with Crippen LogP contribution < -0.4 is 5.32 Å². The lowest BCUT2D eigenvalue weighted by Crippen LogP contribution is -2.46. The van der Waals surface area contributed by atoms with E-state index in [2.05, 4.69) is 48.8 Å². The van der Waals surface area contributed by atoms with E-state index < -0.39 is 9.84 Å². The molecule has 1 aliphatic heterocycles. The highest BCUT2D eigenvalue weighted by atomic mass is 32.2. The number of nitrogens with one attached hydrogen (secondary N) is 1. The molecule has 3 aromatic rings. The van der Waals surface area contributed by atoms with Crippen molar-refractivity contribution in [2.75, 3.05) is 12.3 Å². The van der Waals surface area contributed by atoms with Crippen molar-refractivity contribution in [3.05, 3.63) is 106 Å². The Balaban J connectivity index is 1.53. The molecule has 1 N–H and O–H groups in total. The maximum absolute atomic E-state index is 13.1. The highest BCUT2D eigenvalue weighted by Crippen LogP contribution is 2.44. The Kier molecular flexibility index (Phi) is 8.29. The predicted octanol–water partition coefficient (Wildman–Crippen LogP) is 6.45. The average Bonchev–Trinajstić information content (AvgIpc) is 2.91. The fourth-order valence-electron chi connectivity index (χ4n) is 5.54. The van der Waals surface area contributed by atoms with Gasteiger partial charge in [0.2, 0.25) is 0 Å². The van der Waals surface area contributed by atoms with Gasteiger partial charge in [-0.1, -0.05) is 77.1 Å². The number of fused-ring (bicyclic) bond motifs is 1. The van der Waals surface area contributed by atoms with E-state index in [0.717, 1.165) is 18.7 Å². The lowest BCUT2D eigenvalue weighted by molar-refractivity contribution is 0.0944. The van der Waals surface area contributed by atoms with E-state index in [1.165, 1.54) is 16.7 Å². The first-order valence-electron chi connectivity index (χ1n) is 13.4. The van der Waals surface area contributed by atoms with Crippen LogP contribution in [0.2, 0.25) is 0 Å². The first-order valence-corrected chi connectivity index (χ1v) is 15.0. The van der Waals surface area contributed by atoms with Crippen molar-refractivity contribution in [3.8, 4) is 0 Å². The molecule has 1 amide bonds. The van der Waals surface area contributed by atoms with Crippen LogP contribution in [0.25, 0.3) is 4.85 Å². The van der Waals surface area contributed by atoms with Gasteiger partial charge in [0.25, 0.3) is 5.91 Å². The van der Waals surface area contributed by atoms with Crippen molar-refractivity contribution in [1.29, 1.82) is 0 Å². The van der Waals surface area contributed by atoms with Crippen molar-refractivity contribution in [3.63, 3.8) is 0 Å². The standard InChI is InChI=1S/C32H37N3O3S/c1-7-39(37,38)27-15-10-23(11-16-27)19-34-31(36)25-12-17-28-29(18-25)32(4,5)21-35(30(28)22(2)3)20-24-8-13-26(33-6)14-9-24/h8-18,22,30H,7,19-21H2,1-5H3,(H,34,36)/t30-/m0/s1. The molecule has 0 saturated heterocycles. The van der Waals surface area contributed by atoms with Crippen LogP contribution in [-0.2, 0) is 28.3 Å². The molecular weight excluding hydrogens is 506 g/mol. The molecule has 7 heteroatoms. The second kappa shape index (κ2) is 11.3. The average molecular weight is 544 g/mol. The number of carbonyl (C=O) groups excluding carboxylic acids is 1. The molecule has 1 heterocycles. The number of benzene rings is 3. The fraction of sp³-hybridized carbons (Fsp3) is 0.375. The molecule has 1 atom stereocenters. The zero-order valence-corrected chi connectivity index (χ0v) is 24.2. The fourth-order valence-corrected chi connectivity index (χ4v) is 6.42. The molecule has 6 nitrogen and oxygen atoms in total. The summed E-state index contributed by atoms with van der Waals surface area (Å²) in [6, 6.07) is 20.8. The van der Waals surface area contributed by atoms with Crippen LogP contribution in [0.15, 0.2) is 71.6 Å². The molecule has 0 aromatic heterocycles. The summed E-state index contributed by atoms with van der Waals surface area (Å²) in [5, 5.41) is 2.99. The summed E-state index contributed by atoms with van der Waals surface area (Å²) in [5.41, 5.74) is 5.59. The predicted molar refractivity (Wildman–Crippen MR) is 155 cm³/mol. The molecule has 0 radical (unpaired) electrons. The Labute approximate surface area is 232 Å². The topological polar surface area (TPSA) is 70.8 Å². The smallest absolute Gasteiger partial charge is 0.251 e. The zero-order chi connectivity index (χ0) is 28.4. The van der Waals surface area contributed by atoms with Gasteiger partial charge in [0.1, 0.15) is 0 Å². The number of hydrogen-bond donors (Lipinski definition) is 1. The largest absolute Gasteiger partial charge is 0.348 e. The monoisotopic (exact) mass is 543 g/mol. The minimum absolute atomic E-state index is 0.0591. The first kappa shape index (κ1) is 28.5. The molecule has 0 saturated carbocycles. The minimum atomic E-state index is -3.25. The first-order chi connectivity index (χ1) is 18.4. The molecule has 0 fully saturated rings. The van der Waals surface area contributed by atoms with Gasteiger partial charge < -0.3 is 5.32 Å². The number of rotatable bonds is 8. The number of hydrogen-bond acceptors (Lipinski definition) is 4. The van der Waals surface area contributed by atoms with Gasteiger partial charge in [-0.25, -0.2) is 13.3 Å². The second-order valence-corrected chi connectivity index (χ2v) is 13.6. The molecule has 1 aliphatic rings. The molecule has 0 spiro atoms. The minimum Gasteiger partial charge on any atom is -0.348 e. The van der Waals surface area contributed by atoms with Crippen LogP contribution in [0, 0.1) is 12.5 Å². The summed E-state index contributed by atoms with van der Waals surface area (Å²) in [4.78, 5) is 19.4. The van der Waals surface area contributed by atoms with Crippen LogP contribution in [0.4, 0.5) is 5.69 Å². The number of amides is 1. The van der Waals surface area contributed by atoms with Gasteiger partial charge >= 0.3 is 0 Å². The molecule has 0 unspecified atom stereocenters.